The second-order valence-corrected chi connectivity index (χ2v) is 7.91. The maximum absolute atomic E-state index is 11.6. The normalized spacial score (nSPS) is 25.0. The quantitative estimate of drug-likeness (QED) is 0.707. The van der Waals surface area contributed by atoms with E-state index >= 15 is 0 Å². The van der Waals surface area contributed by atoms with Gasteiger partial charge in [-0.05, 0) is 69.2 Å². The third kappa shape index (κ3) is 3.61. The zero-order chi connectivity index (χ0) is 17.2. The van der Waals surface area contributed by atoms with Gasteiger partial charge in [0, 0.05) is 22.9 Å². The van der Waals surface area contributed by atoms with E-state index in [4.69, 9.17) is 17.3 Å². The van der Waals surface area contributed by atoms with Gasteiger partial charge in [-0.2, -0.15) is 0 Å². The van der Waals surface area contributed by atoms with E-state index in [1.54, 1.807) is 0 Å². The zero-order valence-corrected chi connectivity index (χ0v) is 14.8. The summed E-state index contributed by atoms with van der Waals surface area (Å²) in [6.45, 7) is 1.82. The van der Waals surface area contributed by atoms with E-state index in [1.165, 1.54) is 0 Å². The number of hydrogen-bond acceptors (Lipinski definition) is 3. The summed E-state index contributed by atoms with van der Waals surface area (Å²) in [5.74, 6) is -0.0263. The van der Waals surface area contributed by atoms with E-state index in [0.717, 1.165) is 57.2 Å². The summed E-state index contributed by atoms with van der Waals surface area (Å²) >= 11 is 6.16. The van der Waals surface area contributed by atoms with Crippen molar-refractivity contribution < 1.29 is 9.90 Å². The minimum Gasteiger partial charge on any atom is -0.385 e. The third-order valence-electron chi connectivity index (χ3n) is 5.89. The van der Waals surface area contributed by atoms with E-state index in [9.17, 15) is 9.90 Å². The lowest BCUT2D eigenvalue weighted by atomic mass is 9.74. The molecule has 24 heavy (non-hydrogen) atoms. The zero-order valence-electron chi connectivity index (χ0n) is 14.1. The van der Waals surface area contributed by atoms with E-state index in [-0.39, 0.29) is 17.2 Å². The van der Waals surface area contributed by atoms with Gasteiger partial charge in [0.2, 0.25) is 5.91 Å². The lowest BCUT2D eigenvalue weighted by molar-refractivity contribution is -0.123. The van der Waals surface area contributed by atoms with Crippen molar-refractivity contribution in [2.24, 2.45) is 17.1 Å². The van der Waals surface area contributed by atoms with Crippen LogP contribution in [0.1, 0.15) is 50.5 Å². The molecule has 1 aromatic carbocycles. The lowest BCUT2D eigenvalue weighted by Gasteiger charge is -2.39. The Hall–Kier alpha value is -1.10. The summed E-state index contributed by atoms with van der Waals surface area (Å²) in [5, 5.41) is 15.6. The molecule has 4 N–H and O–H groups in total. The number of carbonyl (C=O) groups excluding carboxylic acids is 1. The van der Waals surface area contributed by atoms with E-state index in [2.05, 4.69) is 5.32 Å². The SMILES string of the molecule is NC(=O)C1(CCC[C@@](O)(c2cccc(Cl)c2)[C@@H]2CCCNC2)CC1. The van der Waals surface area contributed by atoms with Gasteiger partial charge in [-0.15, -0.1) is 0 Å². The molecule has 2 aliphatic rings. The lowest BCUT2D eigenvalue weighted by Crippen LogP contribution is -2.44. The summed E-state index contributed by atoms with van der Waals surface area (Å²) < 4.78 is 0. The highest BCUT2D eigenvalue weighted by atomic mass is 35.5. The molecule has 0 spiro atoms. The van der Waals surface area contributed by atoms with Gasteiger partial charge in [0.15, 0.2) is 0 Å². The summed E-state index contributed by atoms with van der Waals surface area (Å²) in [6, 6.07) is 7.56. The largest absolute Gasteiger partial charge is 0.385 e. The molecular weight excluding hydrogens is 324 g/mol. The predicted octanol–water partition coefficient (Wildman–Crippen LogP) is 2.96. The minimum atomic E-state index is -0.911. The van der Waals surface area contributed by atoms with Gasteiger partial charge >= 0.3 is 0 Å². The van der Waals surface area contributed by atoms with Crippen LogP contribution in [0.25, 0.3) is 0 Å². The van der Waals surface area contributed by atoms with Crippen LogP contribution in [0.4, 0.5) is 0 Å². The fourth-order valence-corrected chi connectivity index (χ4v) is 4.26. The first-order valence-electron chi connectivity index (χ1n) is 8.95. The highest BCUT2D eigenvalue weighted by Crippen LogP contribution is 2.50. The molecule has 1 heterocycles. The van der Waals surface area contributed by atoms with Gasteiger partial charge in [-0.25, -0.2) is 0 Å². The molecule has 2 atom stereocenters. The summed E-state index contributed by atoms with van der Waals surface area (Å²) in [7, 11) is 0. The number of halogens is 1. The highest BCUT2D eigenvalue weighted by Gasteiger charge is 2.48. The van der Waals surface area contributed by atoms with Crippen LogP contribution in [0, 0.1) is 11.3 Å². The first-order valence-corrected chi connectivity index (χ1v) is 9.33. The highest BCUT2D eigenvalue weighted by molar-refractivity contribution is 6.30. The van der Waals surface area contributed by atoms with E-state index in [1.807, 2.05) is 24.3 Å². The number of primary amides is 1. The van der Waals surface area contributed by atoms with E-state index < -0.39 is 5.60 Å². The third-order valence-corrected chi connectivity index (χ3v) is 6.12. The first kappa shape index (κ1) is 17.7. The number of amides is 1. The maximum Gasteiger partial charge on any atom is 0.223 e. The number of hydrogen-bond donors (Lipinski definition) is 3. The van der Waals surface area contributed by atoms with Crippen LogP contribution >= 0.6 is 11.6 Å². The standard InChI is InChI=1S/C19H27ClN2O2/c20-16-6-1-4-14(12-16)19(24,15-5-2-11-22-13-15)8-3-7-18(9-10-18)17(21)23/h1,4,6,12,15,22,24H,2-3,5,7-11,13H2,(H2,21,23)/t15-,19-/m1/s1. The number of piperidine rings is 1. The fourth-order valence-electron chi connectivity index (χ4n) is 4.07. The second kappa shape index (κ2) is 7.03. The molecule has 132 valence electrons. The molecule has 1 amide bonds. The average Bonchev–Trinajstić information content (AvgIpc) is 3.37. The van der Waals surface area contributed by atoms with Crippen LogP contribution in [-0.2, 0) is 10.4 Å². The molecule has 4 nitrogen and oxygen atoms in total. The number of nitrogens with one attached hydrogen (secondary N) is 1. The van der Waals surface area contributed by atoms with Crippen molar-refractivity contribution >= 4 is 17.5 Å². The Labute approximate surface area is 148 Å². The Morgan fingerprint density at radius 2 is 2.25 bits per heavy atom. The molecule has 0 unspecified atom stereocenters. The van der Waals surface area contributed by atoms with Gasteiger partial charge in [-0.3, -0.25) is 4.79 Å². The summed E-state index contributed by atoms with van der Waals surface area (Å²) in [4.78, 5) is 11.6. The molecule has 0 aromatic heterocycles. The van der Waals surface area contributed by atoms with Crippen molar-refractivity contribution in [2.45, 2.75) is 50.5 Å². The monoisotopic (exact) mass is 350 g/mol. The Kier molecular flexibility index (Phi) is 5.19. The second-order valence-electron chi connectivity index (χ2n) is 7.48. The van der Waals surface area contributed by atoms with Gasteiger partial charge < -0.3 is 16.2 Å². The van der Waals surface area contributed by atoms with Crippen LogP contribution in [0.15, 0.2) is 24.3 Å². The predicted molar refractivity (Wildman–Crippen MR) is 95.7 cm³/mol. The Balaban J connectivity index is 1.75. The average molecular weight is 351 g/mol. The molecule has 1 saturated heterocycles. The number of rotatable bonds is 7. The van der Waals surface area contributed by atoms with Gasteiger partial charge in [-0.1, -0.05) is 23.7 Å². The van der Waals surface area contributed by atoms with E-state index in [0.29, 0.717) is 11.4 Å². The maximum atomic E-state index is 11.6. The molecule has 1 saturated carbocycles. The van der Waals surface area contributed by atoms with Crippen molar-refractivity contribution in [3.05, 3.63) is 34.9 Å². The van der Waals surface area contributed by atoms with Crippen LogP contribution in [-0.4, -0.2) is 24.1 Å². The summed E-state index contributed by atoms with van der Waals surface area (Å²) in [6.07, 6.45) is 6.05. The van der Waals surface area contributed by atoms with Crippen LogP contribution < -0.4 is 11.1 Å². The fraction of sp³-hybridized carbons (Fsp3) is 0.632. The van der Waals surface area contributed by atoms with Gasteiger partial charge in [0.1, 0.15) is 0 Å². The Bertz CT molecular complexity index is 597. The number of carbonyl (C=O) groups is 1. The van der Waals surface area contributed by atoms with Crippen LogP contribution in [0.2, 0.25) is 5.02 Å². The van der Waals surface area contributed by atoms with Gasteiger partial charge in [0.25, 0.3) is 0 Å². The first-order chi connectivity index (χ1) is 11.5. The molecule has 0 radical (unpaired) electrons. The Morgan fingerprint density at radius 1 is 1.46 bits per heavy atom. The van der Waals surface area contributed by atoms with Crippen molar-refractivity contribution in [1.29, 1.82) is 0 Å². The molecule has 2 fully saturated rings. The topological polar surface area (TPSA) is 75.4 Å². The number of benzene rings is 1. The van der Waals surface area contributed by atoms with Crippen LogP contribution in [0.5, 0.6) is 0 Å². The number of aliphatic hydroxyl groups is 1. The van der Waals surface area contributed by atoms with Crippen molar-refractivity contribution in [3.8, 4) is 0 Å². The van der Waals surface area contributed by atoms with Crippen molar-refractivity contribution in [3.63, 3.8) is 0 Å². The molecule has 1 aliphatic carbocycles. The number of nitrogens with two attached hydrogens (primary N) is 1. The van der Waals surface area contributed by atoms with Gasteiger partial charge in [0.05, 0.1) is 5.60 Å². The Morgan fingerprint density at radius 3 is 2.83 bits per heavy atom. The molecule has 1 aromatic rings. The summed E-state index contributed by atoms with van der Waals surface area (Å²) in [5.41, 5.74) is 5.19. The van der Waals surface area contributed by atoms with Crippen LogP contribution in [0.3, 0.4) is 0 Å². The smallest absolute Gasteiger partial charge is 0.223 e. The molecular formula is C19H27ClN2O2. The molecule has 5 heteroatoms. The molecule has 3 rings (SSSR count). The minimum absolute atomic E-state index is 0.161. The molecule has 1 aliphatic heterocycles. The molecule has 0 bridgehead atoms. The van der Waals surface area contributed by atoms with Crippen molar-refractivity contribution in [1.82, 2.24) is 5.32 Å². The van der Waals surface area contributed by atoms with Crippen molar-refractivity contribution in [2.75, 3.05) is 13.1 Å².